The zero-order valence-electron chi connectivity index (χ0n) is 16.0. The molecule has 6 nitrogen and oxygen atoms in total. The van der Waals surface area contributed by atoms with Gasteiger partial charge in [0, 0.05) is 11.8 Å². The largest absolute Gasteiger partial charge is 0.462 e. The summed E-state index contributed by atoms with van der Waals surface area (Å²) in [6.07, 6.45) is 2.29. The van der Waals surface area contributed by atoms with Gasteiger partial charge in [0.1, 0.15) is 9.71 Å². The number of nitrogens with zero attached hydrogens (tertiary/aromatic N) is 3. The van der Waals surface area contributed by atoms with Gasteiger partial charge in [0.2, 0.25) is 0 Å². The molecule has 0 amide bonds. The van der Waals surface area contributed by atoms with Gasteiger partial charge in [-0.15, -0.1) is 22.7 Å². The summed E-state index contributed by atoms with van der Waals surface area (Å²) >= 11 is 2.78. The maximum atomic E-state index is 13.0. The van der Waals surface area contributed by atoms with Crippen LogP contribution in [0.15, 0.2) is 46.8 Å². The van der Waals surface area contributed by atoms with E-state index in [4.69, 9.17) is 4.74 Å². The van der Waals surface area contributed by atoms with Crippen molar-refractivity contribution in [3.8, 4) is 0 Å². The highest BCUT2D eigenvalue weighted by Crippen LogP contribution is 2.27. The predicted molar refractivity (Wildman–Crippen MR) is 115 cm³/mol. The minimum Gasteiger partial charge on any atom is -0.462 e. The first kappa shape index (κ1) is 19.5. The molecule has 4 aromatic rings. The van der Waals surface area contributed by atoms with Crippen LogP contribution in [0.5, 0.6) is 0 Å². The lowest BCUT2D eigenvalue weighted by Crippen LogP contribution is -2.21. The predicted octanol–water partition coefficient (Wildman–Crippen LogP) is 4.04. The van der Waals surface area contributed by atoms with E-state index in [0.717, 1.165) is 17.1 Å². The second-order valence-corrected chi connectivity index (χ2v) is 8.47. The molecule has 0 atom stereocenters. The topological polar surface area (TPSA) is 74.1 Å². The first-order valence-electron chi connectivity index (χ1n) is 9.19. The van der Waals surface area contributed by atoms with Gasteiger partial charge in [-0.2, -0.15) is 0 Å². The van der Waals surface area contributed by atoms with Crippen LogP contribution in [0.1, 0.15) is 38.4 Å². The number of carbonyl (C=O) groups is 1. The fourth-order valence-electron chi connectivity index (χ4n) is 3.11. The Labute approximate surface area is 175 Å². The number of thiazole rings is 1. The average molecular weight is 426 g/mol. The molecule has 0 aliphatic rings. The summed E-state index contributed by atoms with van der Waals surface area (Å²) in [4.78, 5) is 35.1. The summed E-state index contributed by atoms with van der Waals surface area (Å²) in [5, 5.41) is 3.45. The minimum absolute atomic E-state index is 0.170. The SMILES string of the molecule is CCOC(=O)c1sc2ncn(Cc3csc(Cc4ccccc4)n3)c(=O)c2c1C. The lowest BCUT2D eigenvalue weighted by Gasteiger charge is -2.03. The van der Waals surface area contributed by atoms with Gasteiger partial charge in [0.25, 0.3) is 5.56 Å². The number of esters is 1. The number of ether oxygens (including phenoxy) is 1. The minimum atomic E-state index is -0.413. The Bertz CT molecular complexity index is 1230. The Balaban J connectivity index is 1.60. The first-order valence-corrected chi connectivity index (χ1v) is 10.9. The maximum Gasteiger partial charge on any atom is 0.348 e. The summed E-state index contributed by atoms with van der Waals surface area (Å²) in [5.41, 5.74) is 2.48. The second-order valence-electron chi connectivity index (χ2n) is 6.53. The summed E-state index contributed by atoms with van der Waals surface area (Å²) in [6, 6.07) is 10.2. The molecule has 0 unspecified atom stereocenters. The molecule has 0 saturated heterocycles. The van der Waals surface area contributed by atoms with Crippen LogP contribution in [0.4, 0.5) is 0 Å². The molecule has 3 heterocycles. The van der Waals surface area contributed by atoms with Crippen LogP contribution in [0, 0.1) is 6.92 Å². The average Bonchev–Trinajstić information content (AvgIpc) is 3.29. The molecule has 8 heteroatoms. The quantitative estimate of drug-likeness (QED) is 0.436. The molecule has 4 rings (SSSR count). The molecule has 0 bridgehead atoms. The van der Waals surface area contributed by atoms with Crippen molar-refractivity contribution in [1.29, 1.82) is 0 Å². The smallest absolute Gasteiger partial charge is 0.348 e. The van der Waals surface area contributed by atoms with Crippen LogP contribution in [0.2, 0.25) is 0 Å². The number of hydrogen-bond donors (Lipinski definition) is 0. The zero-order chi connectivity index (χ0) is 20.4. The number of aromatic nitrogens is 3. The fourth-order valence-corrected chi connectivity index (χ4v) is 4.96. The van der Waals surface area contributed by atoms with Crippen LogP contribution in [0.3, 0.4) is 0 Å². The second kappa shape index (κ2) is 8.26. The van der Waals surface area contributed by atoms with Crippen molar-refractivity contribution in [3.63, 3.8) is 0 Å². The van der Waals surface area contributed by atoms with E-state index in [-0.39, 0.29) is 5.56 Å². The van der Waals surface area contributed by atoms with E-state index in [9.17, 15) is 9.59 Å². The van der Waals surface area contributed by atoms with Gasteiger partial charge in [-0.3, -0.25) is 9.36 Å². The van der Waals surface area contributed by atoms with Crippen molar-refractivity contribution >= 4 is 38.9 Å². The third kappa shape index (κ3) is 3.99. The Morgan fingerprint density at radius 3 is 2.79 bits per heavy atom. The molecule has 1 aromatic carbocycles. The number of rotatable bonds is 6. The molecule has 0 spiro atoms. The zero-order valence-corrected chi connectivity index (χ0v) is 17.7. The van der Waals surface area contributed by atoms with Gasteiger partial charge in [-0.25, -0.2) is 14.8 Å². The van der Waals surface area contributed by atoms with E-state index in [1.165, 1.54) is 23.2 Å². The summed E-state index contributed by atoms with van der Waals surface area (Å²) in [6.45, 7) is 4.15. The highest BCUT2D eigenvalue weighted by atomic mass is 32.1. The van der Waals surface area contributed by atoms with E-state index in [1.807, 2.05) is 23.6 Å². The highest BCUT2D eigenvalue weighted by Gasteiger charge is 2.20. The Morgan fingerprint density at radius 2 is 2.03 bits per heavy atom. The number of carbonyl (C=O) groups excluding carboxylic acids is 1. The maximum absolute atomic E-state index is 13.0. The van der Waals surface area contributed by atoms with Gasteiger partial charge in [-0.1, -0.05) is 30.3 Å². The van der Waals surface area contributed by atoms with Gasteiger partial charge in [0.05, 0.1) is 35.6 Å². The normalized spacial score (nSPS) is 11.1. The van der Waals surface area contributed by atoms with Gasteiger partial charge >= 0.3 is 5.97 Å². The van der Waals surface area contributed by atoms with Crippen LogP contribution in [0.25, 0.3) is 10.2 Å². The number of aryl methyl sites for hydroxylation is 1. The third-order valence-electron chi connectivity index (χ3n) is 4.51. The number of fused-ring (bicyclic) bond motifs is 1. The Hall–Kier alpha value is -2.84. The molecule has 0 N–H and O–H groups in total. The standard InChI is InChI=1S/C21H19N3O3S2/c1-3-27-21(26)18-13(2)17-19(29-18)22-12-24(20(17)25)10-15-11-28-16(23-15)9-14-7-5-4-6-8-14/h4-8,11-12H,3,9-10H2,1-2H3. The van der Waals surface area contributed by atoms with Gasteiger partial charge < -0.3 is 4.74 Å². The molecule has 3 aromatic heterocycles. The molecule has 0 saturated carbocycles. The fraction of sp³-hybridized carbons (Fsp3) is 0.238. The van der Waals surface area contributed by atoms with Crippen molar-refractivity contribution in [2.24, 2.45) is 0 Å². The third-order valence-corrected chi connectivity index (χ3v) is 6.59. The van der Waals surface area contributed by atoms with E-state index in [1.54, 1.807) is 29.8 Å². The van der Waals surface area contributed by atoms with Crippen LogP contribution >= 0.6 is 22.7 Å². The summed E-state index contributed by atoms with van der Waals surface area (Å²) in [7, 11) is 0. The number of thiophene rings is 1. The Morgan fingerprint density at radius 1 is 1.24 bits per heavy atom. The van der Waals surface area contributed by atoms with Crippen molar-refractivity contribution in [3.05, 3.63) is 79.1 Å². The lowest BCUT2D eigenvalue weighted by atomic mass is 10.2. The molecular weight excluding hydrogens is 406 g/mol. The van der Waals surface area contributed by atoms with E-state index in [0.29, 0.717) is 33.8 Å². The molecule has 29 heavy (non-hydrogen) atoms. The number of hydrogen-bond acceptors (Lipinski definition) is 7. The van der Waals surface area contributed by atoms with Crippen LogP contribution in [-0.2, 0) is 17.7 Å². The lowest BCUT2D eigenvalue weighted by molar-refractivity contribution is 0.0531. The Kier molecular flexibility index (Phi) is 5.55. The monoisotopic (exact) mass is 425 g/mol. The molecule has 148 valence electrons. The molecule has 0 radical (unpaired) electrons. The van der Waals surface area contributed by atoms with E-state index < -0.39 is 5.97 Å². The van der Waals surface area contributed by atoms with Gasteiger partial charge in [0.15, 0.2) is 0 Å². The molecule has 0 aliphatic carbocycles. The van der Waals surface area contributed by atoms with Crippen LogP contribution in [-0.4, -0.2) is 27.1 Å². The van der Waals surface area contributed by atoms with Crippen molar-refractivity contribution in [1.82, 2.24) is 14.5 Å². The van der Waals surface area contributed by atoms with Crippen molar-refractivity contribution in [2.45, 2.75) is 26.8 Å². The highest BCUT2D eigenvalue weighted by molar-refractivity contribution is 7.20. The summed E-state index contributed by atoms with van der Waals surface area (Å²) < 4.78 is 6.62. The van der Waals surface area contributed by atoms with E-state index in [2.05, 4.69) is 22.1 Å². The van der Waals surface area contributed by atoms with Gasteiger partial charge in [-0.05, 0) is 25.0 Å². The molecule has 0 fully saturated rings. The molecular formula is C21H19N3O3S2. The van der Waals surface area contributed by atoms with Crippen molar-refractivity contribution in [2.75, 3.05) is 6.61 Å². The summed E-state index contributed by atoms with van der Waals surface area (Å²) in [5.74, 6) is -0.413. The van der Waals surface area contributed by atoms with E-state index >= 15 is 0 Å². The van der Waals surface area contributed by atoms with Crippen molar-refractivity contribution < 1.29 is 9.53 Å². The van der Waals surface area contributed by atoms with Crippen LogP contribution < -0.4 is 5.56 Å². The molecule has 0 aliphatic heterocycles. The number of benzene rings is 1. The first-order chi connectivity index (χ1) is 14.1.